The maximum absolute atomic E-state index is 9.19. The Morgan fingerprint density at radius 3 is 2.71 bits per heavy atom. The van der Waals surface area contributed by atoms with Gasteiger partial charge in [0.25, 0.3) is 0 Å². The molecule has 0 amide bonds. The summed E-state index contributed by atoms with van der Waals surface area (Å²) in [5, 5.41) is 9.19. The highest BCUT2D eigenvalue weighted by Gasteiger charge is 2.11. The standard InChI is InChI=1S/C15H23NO/c1-13(12-17)15-7-5-6-14(10-15)11-16-8-3-2-4-9-16/h5-7,10,13,17H,2-4,8-9,11-12H2,1H3. The zero-order valence-corrected chi connectivity index (χ0v) is 10.7. The normalized spacial score (nSPS) is 19.2. The Hall–Kier alpha value is -0.860. The molecule has 1 unspecified atom stereocenters. The van der Waals surface area contributed by atoms with Crippen molar-refractivity contribution in [3.05, 3.63) is 35.4 Å². The minimum Gasteiger partial charge on any atom is -0.396 e. The van der Waals surface area contributed by atoms with Gasteiger partial charge in [-0.3, -0.25) is 4.90 Å². The molecule has 2 heteroatoms. The molecule has 1 fully saturated rings. The second kappa shape index (κ2) is 6.18. The van der Waals surface area contributed by atoms with Crippen molar-refractivity contribution in [2.45, 2.75) is 38.6 Å². The zero-order chi connectivity index (χ0) is 12.1. The lowest BCUT2D eigenvalue weighted by molar-refractivity contribution is 0.220. The van der Waals surface area contributed by atoms with E-state index in [2.05, 4.69) is 36.1 Å². The molecule has 1 aliphatic heterocycles. The van der Waals surface area contributed by atoms with Crippen LogP contribution in [0.2, 0.25) is 0 Å². The Kier molecular flexibility index (Phi) is 4.57. The van der Waals surface area contributed by atoms with E-state index < -0.39 is 0 Å². The van der Waals surface area contributed by atoms with Crippen molar-refractivity contribution in [3.8, 4) is 0 Å². The Bertz CT molecular complexity index is 345. The number of hydrogen-bond acceptors (Lipinski definition) is 2. The molecule has 0 aromatic heterocycles. The molecule has 0 radical (unpaired) electrons. The molecule has 0 bridgehead atoms. The van der Waals surface area contributed by atoms with Gasteiger partial charge in [0.1, 0.15) is 0 Å². The Balaban J connectivity index is 2.00. The van der Waals surface area contributed by atoms with Crippen molar-refractivity contribution in [2.24, 2.45) is 0 Å². The first-order valence-corrected chi connectivity index (χ1v) is 6.71. The van der Waals surface area contributed by atoms with E-state index in [9.17, 15) is 5.11 Å². The van der Waals surface area contributed by atoms with Gasteiger partial charge in [0.2, 0.25) is 0 Å². The van der Waals surface area contributed by atoms with Gasteiger partial charge in [0, 0.05) is 19.1 Å². The minimum atomic E-state index is 0.229. The van der Waals surface area contributed by atoms with Crippen molar-refractivity contribution < 1.29 is 5.11 Å². The van der Waals surface area contributed by atoms with E-state index >= 15 is 0 Å². The molecule has 1 N–H and O–H groups in total. The molecule has 94 valence electrons. The topological polar surface area (TPSA) is 23.5 Å². The maximum Gasteiger partial charge on any atom is 0.0497 e. The first-order chi connectivity index (χ1) is 8.29. The van der Waals surface area contributed by atoms with Crippen LogP contribution in [0.1, 0.15) is 43.2 Å². The average Bonchev–Trinajstić information content (AvgIpc) is 2.39. The molecule has 2 nitrogen and oxygen atoms in total. The van der Waals surface area contributed by atoms with E-state index in [1.807, 2.05) is 0 Å². The van der Waals surface area contributed by atoms with Crippen molar-refractivity contribution in [3.63, 3.8) is 0 Å². The summed E-state index contributed by atoms with van der Waals surface area (Å²) in [4.78, 5) is 2.53. The van der Waals surface area contributed by atoms with Crippen LogP contribution in [0.25, 0.3) is 0 Å². The van der Waals surface area contributed by atoms with Crippen molar-refractivity contribution >= 4 is 0 Å². The molecule has 1 atom stereocenters. The number of hydrogen-bond donors (Lipinski definition) is 1. The zero-order valence-electron chi connectivity index (χ0n) is 10.7. The third-order valence-electron chi connectivity index (χ3n) is 3.65. The molecule has 0 spiro atoms. The molecule has 0 aliphatic carbocycles. The first kappa shape index (κ1) is 12.6. The Morgan fingerprint density at radius 2 is 2.00 bits per heavy atom. The van der Waals surface area contributed by atoms with Crippen LogP contribution >= 0.6 is 0 Å². The van der Waals surface area contributed by atoms with E-state index in [-0.39, 0.29) is 12.5 Å². The highest BCUT2D eigenvalue weighted by atomic mass is 16.3. The lowest BCUT2D eigenvalue weighted by Crippen LogP contribution is -2.29. The molecular weight excluding hydrogens is 210 g/mol. The fraction of sp³-hybridized carbons (Fsp3) is 0.600. The smallest absolute Gasteiger partial charge is 0.0497 e. The highest BCUT2D eigenvalue weighted by Crippen LogP contribution is 2.18. The van der Waals surface area contributed by atoms with E-state index in [4.69, 9.17) is 0 Å². The van der Waals surface area contributed by atoms with Gasteiger partial charge in [-0.25, -0.2) is 0 Å². The van der Waals surface area contributed by atoms with E-state index in [1.165, 1.54) is 43.5 Å². The van der Waals surface area contributed by atoms with Gasteiger partial charge in [-0.1, -0.05) is 37.6 Å². The predicted molar refractivity (Wildman–Crippen MR) is 71.1 cm³/mol. The highest BCUT2D eigenvalue weighted by molar-refractivity contribution is 5.26. The van der Waals surface area contributed by atoms with Crippen LogP contribution in [-0.4, -0.2) is 29.7 Å². The Labute approximate surface area is 104 Å². The number of likely N-dealkylation sites (tertiary alicyclic amines) is 1. The van der Waals surface area contributed by atoms with Gasteiger partial charge in [-0.05, 0) is 37.1 Å². The summed E-state index contributed by atoms with van der Waals surface area (Å²) < 4.78 is 0. The van der Waals surface area contributed by atoms with Crippen LogP contribution in [0.3, 0.4) is 0 Å². The summed E-state index contributed by atoms with van der Waals surface area (Å²) >= 11 is 0. The van der Waals surface area contributed by atoms with Crippen LogP contribution in [0.5, 0.6) is 0 Å². The first-order valence-electron chi connectivity index (χ1n) is 6.71. The van der Waals surface area contributed by atoms with Crippen molar-refractivity contribution in [1.29, 1.82) is 0 Å². The predicted octanol–water partition coefficient (Wildman–Crippen LogP) is 2.77. The number of aliphatic hydroxyl groups excluding tert-OH is 1. The Morgan fingerprint density at radius 1 is 1.24 bits per heavy atom. The molecule has 1 aromatic rings. The third-order valence-corrected chi connectivity index (χ3v) is 3.65. The number of aliphatic hydroxyl groups is 1. The van der Waals surface area contributed by atoms with Crippen molar-refractivity contribution in [2.75, 3.05) is 19.7 Å². The maximum atomic E-state index is 9.19. The molecule has 1 heterocycles. The van der Waals surface area contributed by atoms with Gasteiger partial charge >= 0.3 is 0 Å². The van der Waals surface area contributed by atoms with Crippen LogP contribution in [0.4, 0.5) is 0 Å². The third kappa shape index (κ3) is 3.55. The molecule has 1 saturated heterocycles. The average molecular weight is 233 g/mol. The summed E-state index contributed by atoms with van der Waals surface area (Å²) in [5.41, 5.74) is 2.63. The second-order valence-corrected chi connectivity index (χ2v) is 5.17. The molecular formula is C15H23NO. The van der Waals surface area contributed by atoms with Crippen LogP contribution < -0.4 is 0 Å². The lowest BCUT2D eigenvalue weighted by atomic mass is 9.99. The van der Waals surface area contributed by atoms with Crippen LogP contribution in [0, 0.1) is 0 Å². The van der Waals surface area contributed by atoms with Gasteiger partial charge in [-0.15, -0.1) is 0 Å². The van der Waals surface area contributed by atoms with Crippen molar-refractivity contribution in [1.82, 2.24) is 4.90 Å². The minimum absolute atomic E-state index is 0.229. The number of nitrogens with zero attached hydrogens (tertiary/aromatic N) is 1. The van der Waals surface area contributed by atoms with Crippen LogP contribution in [-0.2, 0) is 6.54 Å². The lowest BCUT2D eigenvalue weighted by Gasteiger charge is -2.26. The van der Waals surface area contributed by atoms with E-state index in [0.717, 1.165) is 6.54 Å². The number of piperidine rings is 1. The second-order valence-electron chi connectivity index (χ2n) is 5.17. The molecule has 1 aromatic carbocycles. The summed E-state index contributed by atoms with van der Waals surface area (Å²) in [6.45, 7) is 5.83. The van der Waals surface area contributed by atoms with Crippen LogP contribution in [0.15, 0.2) is 24.3 Å². The van der Waals surface area contributed by atoms with E-state index in [1.54, 1.807) is 0 Å². The molecule has 2 rings (SSSR count). The summed E-state index contributed by atoms with van der Waals surface area (Å²) in [7, 11) is 0. The van der Waals surface area contributed by atoms with Gasteiger partial charge in [-0.2, -0.15) is 0 Å². The summed E-state index contributed by atoms with van der Waals surface area (Å²) in [6, 6.07) is 8.67. The molecule has 17 heavy (non-hydrogen) atoms. The summed E-state index contributed by atoms with van der Waals surface area (Å²) in [5.74, 6) is 0.247. The fourth-order valence-electron chi connectivity index (χ4n) is 2.48. The molecule has 0 saturated carbocycles. The van der Waals surface area contributed by atoms with E-state index in [0.29, 0.717) is 0 Å². The summed E-state index contributed by atoms with van der Waals surface area (Å²) in [6.07, 6.45) is 4.07. The monoisotopic (exact) mass is 233 g/mol. The largest absolute Gasteiger partial charge is 0.396 e. The quantitative estimate of drug-likeness (QED) is 0.864. The van der Waals surface area contributed by atoms with Gasteiger partial charge in [0.15, 0.2) is 0 Å². The van der Waals surface area contributed by atoms with Gasteiger partial charge < -0.3 is 5.11 Å². The molecule has 1 aliphatic rings. The number of benzene rings is 1. The number of rotatable bonds is 4. The fourth-order valence-corrected chi connectivity index (χ4v) is 2.48. The SMILES string of the molecule is CC(CO)c1cccc(CN2CCCCC2)c1. The van der Waals surface area contributed by atoms with Gasteiger partial charge in [0.05, 0.1) is 0 Å².